The molecule has 0 fully saturated rings. The molecule has 0 saturated heterocycles. The number of para-hydroxylation sites is 2. The van der Waals surface area contributed by atoms with E-state index in [1.165, 1.54) is 0 Å². The van der Waals surface area contributed by atoms with Gasteiger partial charge >= 0.3 is 0 Å². The van der Waals surface area contributed by atoms with E-state index >= 15 is 0 Å². The number of nitrogens with zero attached hydrogens (tertiary/aromatic N) is 1. The van der Waals surface area contributed by atoms with Crippen molar-refractivity contribution in [1.29, 1.82) is 0 Å². The number of ether oxygens (including phenoxy) is 1. The summed E-state index contributed by atoms with van der Waals surface area (Å²) in [6, 6.07) is 23.1. The van der Waals surface area contributed by atoms with E-state index in [0.29, 0.717) is 0 Å². The SMILES string of the molecule is O=S1C=Cc2ncccc21.c1ccc(Oc2ccccc2)cc1. The highest BCUT2D eigenvalue weighted by Crippen LogP contribution is 2.20. The first kappa shape index (κ1) is 15.2. The lowest BCUT2D eigenvalue weighted by atomic mass is 10.3. The van der Waals surface area contributed by atoms with Gasteiger partial charge < -0.3 is 4.74 Å². The zero-order valence-corrected chi connectivity index (χ0v) is 13.1. The van der Waals surface area contributed by atoms with Gasteiger partial charge in [-0.05, 0) is 42.5 Å². The second-order valence-electron chi connectivity index (χ2n) is 4.72. The first-order valence-electron chi connectivity index (χ1n) is 7.15. The Balaban J connectivity index is 0.000000140. The van der Waals surface area contributed by atoms with E-state index < -0.39 is 10.8 Å². The first-order valence-corrected chi connectivity index (χ1v) is 8.36. The van der Waals surface area contributed by atoms with Crippen LogP contribution in [0.15, 0.2) is 89.3 Å². The normalized spacial score (nSPS) is 14.5. The molecule has 0 bridgehead atoms. The van der Waals surface area contributed by atoms with Gasteiger partial charge in [-0.15, -0.1) is 0 Å². The summed E-state index contributed by atoms with van der Waals surface area (Å²) in [5, 5.41) is 1.65. The molecule has 2 aromatic carbocycles. The Morgan fingerprint density at radius 2 is 1.39 bits per heavy atom. The number of hydrogen-bond donors (Lipinski definition) is 0. The van der Waals surface area contributed by atoms with Gasteiger partial charge in [-0.2, -0.15) is 0 Å². The quantitative estimate of drug-likeness (QED) is 0.689. The molecular weight excluding hydrogens is 306 g/mol. The van der Waals surface area contributed by atoms with E-state index in [1.807, 2.05) is 66.7 Å². The maximum atomic E-state index is 11.0. The lowest BCUT2D eigenvalue weighted by Gasteiger charge is -2.03. The van der Waals surface area contributed by atoms with Gasteiger partial charge in [-0.3, -0.25) is 4.98 Å². The molecule has 0 radical (unpaired) electrons. The third-order valence-electron chi connectivity index (χ3n) is 3.09. The van der Waals surface area contributed by atoms with Crippen molar-refractivity contribution < 1.29 is 8.95 Å². The lowest BCUT2D eigenvalue weighted by Crippen LogP contribution is -1.85. The highest BCUT2D eigenvalue weighted by molar-refractivity contribution is 7.88. The predicted octanol–water partition coefficient (Wildman–Crippen LogP) is 4.65. The van der Waals surface area contributed by atoms with Crippen molar-refractivity contribution in [3.63, 3.8) is 0 Å². The summed E-state index contributed by atoms with van der Waals surface area (Å²) in [7, 11) is -0.941. The van der Waals surface area contributed by atoms with Crippen LogP contribution in [0.2, 0.25) is 0 Å². The number of hydrogen-bond acceptors (Lipinski definition) is 3. The molecule has 0 N–H and O–H groups in total. The van der Waals surface area contributed by atoms with Crippen LogP contribution in [0, 0.1) is 0 Å². The molecule has 4 rings (SSSR count). The van der Waals surface area contributed by atoms with Crippen LogP contribution >= 0.6 is 0 Å². The second kappa shape index (κ2) is 7.51. The van der Waals surface area contributed by atoms with Gasteiger partial charge in [0.25, 0.3) is 0 Å². The molecule has 4 heteroatoms. The summed E-state index contributed by atoms with van der Waals surface area (Å²) < 4.78 is 16.6. The van der Waals surface area contributed by atoms with Crippen LogP contribution in [0.3, 0.4) is 0 Å². The zero-order valence-electron chi connectivity index (χ0n) is 12.3. The Bertz CT molecular complexity index is 780. The molecule has 23 heavy (non-hydrogen) atoms. The summed E-state index contributed by atoms with van der Waals surface area (Å²) >= 11 is 0. The van der Waals surface area contributed by atoms with Gasteiger partial charge in [0.2, 0.25) is 0 Å². The number of aromatic nitrogens is 1. The van der Waals surface area contributed by atoms with Crippen LogP contribution in [0.1, 0.15) is 5.69 Å². The molecule has 1 aromatic heterocycles. The van der Waals surface area contributed by atoms with Crippen molar-refractivity contribution in [2.45, 2.75) is 4.90 Å². The minimum Gasteiger partial charge on any atom is -0.457 e. The Hall–Kier alpha value is -2.72. The van der Waals surface area contributed by atoms with E-state index in [1.54, 1.807) is 23.7 Å². The van der Waals surface area contributed by atoms with Gasteiger partial charge in [0.05, 0.1) is 21.4 Å². The average Bonchev–Trinajstić information content (AvgIpc) is 2.99. The monoisotopic (exact) mass is 321 g/mol. The van der Waals surface area contributed by atoms with Crippen molar-refractivity contribution in [3.8, 4) is 11.5 Å². The van der Waals surface area contributed by atoms with Crippen LogP contribution in [-0.2, 0) is 10.8 Å². The fourth-order valence-corrected chi connectivity index (χ4v) is 2.95. The molecule has 0 aliphatic carbocycles. The summed E-state index contributed by atoms with van der Waals surface area (Å²) in [4.78, 5) is 4.85. The molecular formula is C19H15NO2S. The molecule has 2 heterocycles. The summed E-state index contributed by atoms with van der Waals surface area (Å²) in [5.74, 6) is 1.74. The number of fused-ring (bicyclic) bond motifs is 1. The van der Waals surface area contributed by atoms with E-state index in [2.05, 4.69) is 4.98 Å². The van der Waals surface area contributed by atoms with Crippen molar-refractivity contribution in [2.24, 2.45) is 0 Å². The molecule has 0 saturated carbocycles. The predicted molar refractivity (Wildman–Crippen MR) is 92.6 cm³/mol. The highest BCUT2D eigenvalue weighted by atomic mass is 32.2. The molecule has 0 amide bonds. The number of rotatable bonds is 2. The molecule has 114 valence electrons. The Morgan fingerprint density at radius 1 is 0.783 bits per heavy atom. The van der Waals surface area contributed by atoms with Crippen LogP contribution in [0.5, 0.6) is 11.5 Å². The van der Waals surface area contributed by atoms with Crippen LogP contribution in [0.25, 0.3) is 6.08 Å². The summed E-state index contributed by atoms with van der Waals surface area (Å²) in [5.41, 5.74) is 0.834. The number of pyridine rings is 1. The maximum Gasteiger partial charge on any atom is 0.127 e. The van der Waals surface area contributed by atoms with Crippen molar-refractivity contribution >= 4 is 16.9 Å². The molecule has 1 atom stereocenters. The molecule has 3 aromatic rings. The zero-order chi connectivity index (χ0) is 15.9. The van der Waals surface area contributed by atoms with E-state index in [4.69, 9.17) is 4.74 Å². The molecule has 0 spiro atoms. The van der Waals surface area contributed by atoms with Gasteiger partial charge in [0, 0.05) is 11.6 Å². The van der Waals surface area contributed by atoms with Gasteiger partial charge in [-0.25, -0.2) is 4.21 Å². The van der Waals surface area contributed by atoms with Gasteiger partial charge in [0.15, 0.2) is 0 Å². The second-order valence-corrected chi connectivity index (χ2v) is 6.02. The third-order valence-corrected chi connectivity index (χ3v) is 4.25. The van der Waals surface area contributed by atoms with Crippen molar-refractivity contribution in [3.05, 3.63) is 90.1 Å². The molecule has 3 nitrogen and oxygen atoms in total. The molecule has 1 aliphatic heterocycles. The fraction of sp³-hybridized carbons (Fsp3) is 0. The summed E-state index contributed by atoms with van der Waals surface area (Å²) in [6.45, 7) is 0. The fourth-order valence-electron chi connectivity index (χ4n) is 2.01. The topological polar surface area (TPSA) is 39.2 Å². The maximum absolute atomic E-state index is 11.0. The van der Waals surface area contributed by atoms with E-state index in [9.17, 15) is 4.21 Å². The third kappa shape index (κ3) is 4.14. The average molecular weight is 321 g/mol. The highest BCUT2D eigenvalue weighted by Gasteiger charge is 2.10. The van der Waals surface area contributed by atoms with Gasteiger partial charge in [0.1, 0.15) is 11.5 Å². The minimum absolute atomic E-state index is 0.822. The smallest absolute Gasteiger partial charge is 0.127 e. The van der Waals surface area contributed by atoms with Crippen molar-refractivity contribution in [2.75, 3.05) is 0 Å². The minimum atomic E-state index is -0.941. The van der Waals surface area contributed by atoms with Crippen LogP contribution in [-0.4, -0.2) is 9.19 Å². The largest absolute Gasteiger partial charge is 0.457 e. The van der Waals surface area contributed by atoms with E-state index in [-0.39, 0.29) is 0 Å². The number of benzene rings is 2. The standard InChI is InChI=1S/C12H10O.C7H5NOS/c1-3-7-11(8-4-1)13-12-9-5-2-6-10-12;9-10-5-3-6-7(10)2-1-4-8-6/h1-10H;1-5H. The Labute approximate surface area is 137 Å². The van der Waals surface area contributed by atoms with Crippen molar-refractivity contribution in [1.82, 2.24) is 4.98 Å². The van der Waals surface area contributed by atoms with Crippen LogP contribution < -0.4 is 4.74 Å². The molecule has 1 unspecified atom stereocenters. The lowest BCUT2D eigenvalue weighted by molar-refractivity contribution is 0.482. The Kier molecular flexibility index (Phi) is 4.96. The van der Waals surface area contributed by atoms with Crippen LogP contribution in [0.4, 0.5) is 0 Å². The van der Waals surface area contributed by atoms with Gasteiger partial charge in [-0.1, -0.05) is 36.4 Å². The molecule has 1 aliphatic rings. The Morgan fingerprint density at radius 3 is 1.96 bits per heavy atom. The first-order chi connectivity index (χ1) is 11.3. The summed E-state index contributed by atoms with van der Waals surface area (Å²) in [6.07, 6.45) is 3.48. The van der Waals surface area contributed by atoms with E-state index in [0.717, 1.165) is 22.1 Å².